The normalized spacial score (nSPS) is 16.7. The third-order valence-electron chi connectivity index (χ3n) is 3.92. The second-order valence-electron chi connectivity index (χ2n) is 5.61. The molecule has 1 aliphatic heterocycles. The maximum atomic E-state index is 12.5. The van der Waals surface area contributed by atoms with Crippen LogP contribution in [0.3, 0.4) is 0 Å². The summed E-state index contributed by atoms with van der Waals surface area (Å²) < 4.78 is 4.96. The minimum atomic E-state index is -0.606. The van der Waals surface area contributed by atoms with Gasteiger partial charge in [0, 0.05) is 19.2 Å². The van der Waals surface area contributed by atoms with E-state index in [-0.39, 0.29) is 30.1 Å². The van der Waals surface area contributed by atoms with Crippen molar-refractivity contribution in [3.63, 3.8) is 0 Å². The molecule has 2 unspecified atom stereocenters. The average molecular weight is 346 g/mol. The lowest BCUT2D eigenvalue weighted by atomic mass is 9.99. The molecule has 0 aromatic carbocycles. The number of aryl methyl sites for hydroxylation is 1. The fourth-order valence-electron chi connectivity index (χ4n) is 2.31. The third kappa shape index (κ3) is 4.35. The molecule has 23 heavy (non-hydrogen) atoms. The Labute approximate surface area is 141 Å². The molecule has 2 atom stereocenters. The number of hydrazine groups is 1. The van der Waals surface area contributed by atoms with E-state index in [4.69, 9.17) is 10.3 Å². The van der Waals surface area contributed by atoms with Crippen LogP contribution in [0.5, 0.6) is 0 Å². The molecule has 0 saturated carbocycles. The second-order valence-corrected chi connectivity index (χ2v) is 5.61. The molecule has 0 radical (unpaired) electrons. The lowest BCUT2D eigenvalue weighted by Gasteiger charge is -2.31. The maximum absolute atomic E-state index is 12.5. The number of carbonyl (C=O) groups is 2. The Bertz CT molecular complexity index is 550. The number of nitrogens with two attached hydrogens (primary N) is 1. The van der Waals surface area contributed by atoms with E-state index in [1.165, 1.54) is 10.0 Å². The summed E-state index contributed by atoms with van der Waals surface area (Å²) >= 11 is 0. The topological polar surface area (TPSA) is 105 Å². The number of urea groups is 1. The molecular weight excluding hydrogens is 322 g/mol. The van der Waals surface area contributed by atoms with E-state index in [0.29, 0.717) is 18.8 Å². The van der Waals surface area contributed by atoms with Gasteiger partial charge in [-0.3, -0.25) is 10.1 Å². The highest BCUT2D eigenvalue weighted by Crippen LogP contribution is 2.18. The van der Waals surface area contributed by atoms with Crippen LogP contribution in [0.2, 0.25) is 0 Å². The van der Waals surface area contributed by atoms with Crippen LogP contribution in [0.25, 0.3) is 0 Å². The van der Waals surface area contributed by atoms with Crippen LogP contribution in [0, 0.1) is 12.8 Å². The summed E-state index contributed by atoms with van der Waals surface area (Å²) in [5.74, 6) is 0.0960. The van der Waals surface area contributed by atoms with Crippen LogP contribution >= 0.6 is 12.4 Å². The van der Waals surface area contributed by atoms with Gasteiger partial charge in [0.25, 0.3) is 5.91 Å². The van der Waals surface area contributed by atoms with Crippen molar-refractivity contribution in [3.8, 4) is 0 Å². The van der Waals surface area contributed by atoms with Crippen LogP contribution in [-0.2, 0) is 4.79 Å². The van der Waals surface area contributed by atoms with Crippen molar-refractivity contribution in [2.24, 2.45) is 11.7 Å². The summed E-state index contributed by atoms with van der Waals surface area (Å²) in [6, 6.07) is 0.592. The highest BCUT2D eigenvalue weighted by Gasteiger charge is 2.35. The second kappa shape index (κ2) is 8.16. The van der Waals surface area contributed by atoms with Gasteiger partial charge < -0.3 is 10.3 Å². The van der Waals surface area contributed by atoms with Crippen LogP contribution in [0.15, 0.2) is 10.6 Å². The average Bonchev–Trinajstić information content (AvgIpc) is 3.13. The fourth-order valence-corrected chi connectivity index (χ4v) is 2.31. The number of halogens is 1. The Balaban J connectivity index is 0.00000264. The zero-order valence-electron chi connectivity index (χ0n) is 13.6. The Kier molecular flexibility index (Phi) is 6.83. The molecule has 1 aromatic rings. The van der Waals surface area contributed by atoms with Crippen LogP contribution < -0.4 is 11.1 Å². The number of carbonyl (C=O) groups excluding carboxylic acids is 2. The zero-order chi connectivity index (χ0) is 16.3. The monoisotopic (exact) mass is 345 g/mol. The van der Waals surface area contributed by atoms with Gasteiger partial charge in [-0.05, 0) is 19.3 Å². The molecule has 1 saturated heterocycles. The predicted molar refractivity (Wildman–Crippen MR) is 88.0 cm³/mol. The lowest BCUT2D eigenvalue weighted by Crippen LogP contribution is -2.53. The Hall–Kier alpha value is -1.80. The summed E-state index contributed by atoms with van der Waals surface area (Å²) in [5.41, 5.74) is 6.66. The summed E-state index contributed by atoms with van der Waals surface area (Å²) in [4.78, 5) is 24.8. The fraction of sp³-hybridized carbons (Fsp3) is 0.643. The SMILES string of the molecule is CCC(C)C(N)C(=O)N1CCCN1C(=O)Nc1cc(C)no1.Cl. The number of nitrogens with one attached hydrogen (secondary N) is 1. The summed E-state index contributed by atoms with van der Waals surface area (Å²) in [5, 5.41) is 9.10. The van der Waals surface area contributed by atoms with Crippen LogP contribution in [-0.4, -0.2) is 46.2 Å². The maximum Gasteiger partial charge on any atom is 0.343 e. The molecule has 0 bridgehead atoms. The molecule has 3 amide bonds. The minimum Gasteiger partial charge on any atom is -0.338 e. The van der Waals surface area contributed by atoms with Gasteiger partial charge in [-0.15, -0.1) is 12.4 Å². The molecular formula is C14H24ClN5O3. The third-order valence-corrected chi connectivity index (χ3v) is 3.92. The van der Waals surface area contributed by atoms with Crippen LogP contribution in [0.4, 0.5) is 10.7 Å². The van der Waals surface area contributed by atoms with E-state index in [0.717, 1.165) is 12.8 Å². The molecule has 1 aromatic heterocycles. The van der Waals surface area contributed by atoms with Gasteiger partial charge in [0.15, 0.2) is 0 Å². The van der Waals surface area contributed by atoms with Gasteiger partial charge >= 0.3 is 6.03 Å². The first-order chi connectivity index (χ1) is 10.4. The van der Waals surface area contributed by atoms with E-state index in [1.807, 2.05) is 13.8 Å². The number of rotatable bonds is 4. The number of nitrogens with zero attached hydrogens (tertiary/aromatic N) is 3. The Morgan fingerprint density at radius 3 is 2.65 bits per heavy atom. The molecule has 0 spiro atoms. The summed E-state index contributed by atoms with van der Waals surface area (Å²) in [7, 11) is 0. The van der Waals surface area contributed by atoms with E-state index < -0.39 is 12.1 Å². The van der Waals surface area contributed by atoms with Crippen molar-refractivity contribution < 1.29 is 14.1 Å². The summed E-state index contributed by atoms with van der Waals surface area (Å²) in [6.07, 6.45) is 1.53. The Morgan fingerprint density at radius 1 is 1.43 bits per heavy atom. The Morgan fingerprint density at radius 2 is 2.09 bits per heavy atom. The van der Waals surface area contributed by atoms with Gasteiger partial charge in [-0.2, -0.15) is 0 Å². The number of hydrogen-bond acceptors (Lipinski definition) is 5. The zero-order valence-corrected chi connectivity index (χ0v) is 14.4. The number of anilines is 1. The number of aromatic nitrogens is 1. The van der Waals surface area contributed by atoms with Crippen molar-refractivity contribution in [3.05, 3.63) is 11.8 Å². The lowest BCUT2D eigenvalue weighted by molar-refractivity contribution is -0.142. The van der Waals surface area contributed by atoms with Crippen molar-refractivity contribution in [2.45, 2.75) is 39.7 Å². The molecule has 9 heteroatoms. The standard InChI is InChI=1S/C14H23N5O3.ClH/c1-4-9(2)12(15)13(20)18-6-5-7-19(18)14(21)16-11-8-10(3)17-22-11;/h8-9,12H,4-7,15H2,1-3H3,(H,16,21);1H. The minimum absolute atomic E-state index is 0. The van der Waals surface area contributed by atoms with Crippen LogP contribution in [0.1, 0.15) is 32.4 Å². The van der Waals surface area contributed by atoms with Gasteiger partial charge in [0.05, 0.1) is 11.7 Å². The van der Waals surface area contributed by atoms with Crippen molar-refractivity contribution in [2.75, 3.05) is 18.4 Å². The highest BCUT2D eigenvalue weighted by molar-refractivity contribution is 5.91. The quantitative estimate of drug-likeness (QED) is 0.865. The molecule has 130 valence electrons. The smallest absolute Gasteiger partial charge is 0.338 e. The van der Waals surface area contributed by atoms with Crippen molar-refractivity contribution >= 4 is 30.2 Å². The first kappa shape index (κ1) is 19.2. The first-order valence-corrected chi connectivity index (χ1v) is 7.52. The first-order valence-electron chi connectivity index (χ1n) is 7.52. The highest BCUT2D eigenvalue weighted by atomic mass is 35.5. The van der Waals surface area contributed by atoms with Gasteiger partial charge in [-0.25, -0.2) is 14.8 Å². The van der Waals surface area contributed by atoms with E-state index in [9.17, 15) is 9.59 Å². The molecule has 2 heterocycles. The number of amides is 3. The van der Waals surface area contributed by atoms with Gasteiger partial charge in [0.1, 0.15) is 0 Å². The predicted octanol–water partition coefficient (Wildman–Crippen LogP) is 1.76. The van der Waals surface area contributed by atoms with Gasteiger partial charge in [-0.1, -0.05) is 25.4 Å². The largest absolute Gasteiger partial charge is 0.343 e. The molecule has 3 N–H and O–H groups in total. The number of hydrogen-bond donors (Lipinski definition) is 2. The molecule has 0 aliphatic carbocycles. The van der Waals surface area contributed by atoms with E-state index >= 15 is 0 Å². The van der Waals surface area contributed by atoms with Crippen molar-refractivity contribution in [1.29, 1.82) is 0 Å². The molecule has 1 aliphatic rings. The van der Waals surface area contributed by atoms with Gasteiger partial charge in [0.2, 0.25) is 5.88 Å². The molecule has 1 fully saturated rings. The van der Waals surface area contributed by atoms with E-state index in [2.05, 4.69) is 10.5 Å². The summed E-state index contributed by atoms with van der Waals surface area (Å²) in [6.45, 7) is 6.64. The molecule has 2 rings (SSSR count). The van der Waals surface area contributed by atoms with E-state index in [1.54, 1.807) is 13.0 Å². The molecule has 8 nitrogen and oxygen atoms in total. The van der Waals surface area contributed by atoms with Crippen molar-refractivity contribution in [1.82, 2.24) is 15.2 Å².